The highest BCUT2D eigenvalue weighted by atomic mass is 19.1. The van der Waals surface area contributed by atoms with Crippen LogP contribution in [0.3, 0.4) is 0 Å². The molecule has 0 radical (unpaired) electrons. The van der Waals surface area contributed by atoms with Gasteiger partial charge in [0.05, 0.1) is 55.6 Å². The second-order valence-electron chi connectivity index (χ2n) is 9.70. The minimum Gasteiger partial charge on any atom is -0.381 e. The molecule has 0 saturated carbocycles. The first-order chi connectivity index (χ1) is 16.4. The van der Waals surface area contributed by atoms with Crippen molar-refractivity contribution in [2.45, 2.75) is 32.1 Å². The van der Waals surface area contributed by atoms with Crippen molar-refractivity contribution < 1.29 is 13.9 Å². The first-order valence-corrected chi connectivity index (χ1v) is 12.0. The lowest BCUT2D eigenvalue weighted by molar-refractivity contribution is -0.122. The topological polar surface area (TPSA) is 154 Å². The van der Waals surface area contributed by atoms with E-state index in [1.807, 2.05) is 11.8 Å². The Morgan fingerprint density at radius 2 is 1.94 bits per heavy atom. The van der Waals surface area contributed by atoms with E-state index in [9.17, 15) is 9.18 Å². The molecule has 3 fully saturated rings. The molecule has 0 aromatic carbocycles. The number of hydrogen-bond donors (Lipinski definition) is 5. The molecule has 3 saturated heterocycles. The normalized spacial score (nSPS) is 25.9. The molecule has 3 aliphatic rings. The van der Waals surface area contributed by atoms with Crippen LogP contribution in [-0.4, -0.2) is 62.6 Å². The molecule has 11 heteroatoms. The highest BCUT2D eigenvalue weighted by Crippen LogP contribution is 2.35. The first-order valence-electron chi connectivity index (χ1n) is 12.0. The Bertz CT molecular complexity index is 889. The van der Waals surface area contributed by atoms with Gasteiger partial charge in [-0.15, -0.1) is 0 Å². The van der Waals surface area contributed by atoms with Crippen LogP contribution >= 0.6 is 0 Å². The van der Waals surface area contributed by atoms with E-state index in [1.54, 1.807) is 0 Å². The van der Waals surface area contributed by atoms with E-state index in [2.05, 4.69) is 27.0 Å². The Hall–Kier alpha value is -2.36. The zero-order valence-corrected chi connectivity index (χ0v) is 19.5. The van der Waals surface area contributed by atoms with E-state index < -0.39 is 30.0 Å². The molecule has 186 valence electrons. The van der Waals surface area contributed by atoms with Crippen molar-refractivity contribution >= 4 is 17.3 Å². The monoisotopic (exact) mass is 474 g/mol. The predicted octanol–water partition coefficient (Wildman–Crippen LogP) is 0.176. The van der Waals surface area contributed by atoms with E-state index in [0.717, 1.165) is 26.1 Å². The summed E-state index contributed by atoms with van der Waals surface area (Å²) in [6.45, 7) is 6.04. The average molecular weight is 475 g/mol. The lowest BCUT2D eigenvalue weighted by atomic mass is 9.83. The largest absolute Gasteiger partial charge is 0.381 e. The Balaban J connectivity index is 1.43. The average Bonchev–Trinajstić information content (AvgIpc) is 2.79. The fraction of sp³-hybridized carbons (Fsp3) is 0.696. The summed E-state index contributed by atoms with van der Waals surface area (Å²) in [5.41, 5.74) is 12.6. The molecule has 0 bridgehead atoms. The van der Waals surface area contributed by atoms with Crippen LogP contribution in [0, 0.1) is 46.7 Å². The molecule has 0 aliphatic carbocycles. The number of pyridine rings is 1. The highest BCUT2D eigenvalue weighted by Gasteiger charge is 2.37. The number of anilines is 2. The van der Waals surface area contributed by atoms with Crippen molar-refractivity contribution in [2.75, 3.05) is 49.6 Å². The maximum Gasteiger partial charge on any atom is 0.233 e. The molecular formula is C23H35FN8O2. The quantitative estimate of drug-likeness (QED) is 0.348. The van der Waals surface area contributed by atoms with Crippen LogP contribution < -0.4 is 32.3 Å². The lowest BCUT2D eigenvalue weighted by Crippen LogP contribution is -2.64. The molecule has 1 aromatic rings. The molecule has 34 heavy (non-hydrogen) atoms. The number of carbonyl (C=O) groups excluding carboxylic acids is 1. The van der Waals surface area contributed by atoms with Crippen LogP contribution in [0.4, 0.5) is 15.8 Å². The molecule has 4 rings (SSSR count). The van der Waals surface area contributed by atoms with Gasteiger partial charge in [0.25, 0.3) is 0 Å². The number of nitrogens with two attached hydrogens (primary N) is 2. The SMILES string of the molecule is CC(C#N)C1CNC(C(C(=O)Nc2cncc(F)c2N2CCC(C3COC3)CC2)C(N)N)NC1. The van der Waals surface area contributed by atoms with Crippen molar-refractivity contribution in [3.05, 3.63) is 18.2 Å². The van der Waals surface area contributed by atoms with E-state index in [4.69, 9.17) is 21.5 Å². The van der Waals surface area contributed by atoms with E-state index in [0.29, 0.717) is 49.4 Å². The van der Waals surface area contributed by atoms with Gasteiger partial charge in [-0.2, -0.15) is 5.26 Å². The van der Waals surface area contributed by atoms with Crippen LogP contribution in [0.15, 0.2) is 12.4 Å². The Labute approximate surface area is 199 Å². The lowest BCUT2D eigenvalue weighted by Gasteiger charge is -2.41. The van der Waals surface area contributed by atoms with Crippen LogP contribution in [0.5, 0.6) is 0 Å². The summed E-state index contributed by atoms with van der Waals surface area (Å²) >= 11 is 0. The summed E-state index contributed by atoms with van der Waals surface area (Å²) in [6, 6.07) is 2.25. The number of carbonyl (C=O) groups is 1. The summed E-state index contributed by atoms with van der Waals surface area (Å²) in [5.74, 6) is -0.515. The van der Waals surface area contributed by atoms with Crippen LogP contribution in [0.25, 0.3) is 0 Å². The molecule has 1 aromatic heterocycles. The van der Waals surface area contributed by atoms with Crippen LogP contribution in [-0.2, 0) is 9.53 Å². The zero-order chi connectivity index (χ0) is 24.2. The molecule has 7 N–H and O–H groups in total. The van der Waals surface area contributed by atoms with Crippen molar-refractivity contribution in [1.82, 2.24) is 15.6 Å². The van der Waals surface area contributed by atoms with Crippen molar-refractivity contribution in [3.8, 4) is 6.07 Å². The molecule has 1 amide bonds. The van der Waals surface area contributed by atoms with Gasteiger partial charge in [-0.25, -0.2) is 4.39 Å². The maximum absolute atomic E-state index is 14.9. The van der Waals surface area contributed by atoms with Gasteiger partial charge in [0.2, 0.25) is 5.91 Å². The number of nitrogens with one attached hydrogen (secondary N) is 3. The summed E-state index contributed by atoms with van der Waals surface area (Å²) in [4.78, 5) is 19.2. The number of halogens is 1. The van der Waals surface area contributed by atoms with Gasteiger partial charge in [0.15, 0.2) is 5.82 Å². The maximum atomic E-state index is 14.9. The van der Waals surface area contributed by atoms with Gasteiger partial charge in [0, 0.05) is 38.0 Å². The van der Waals surface area contributed by atoms with Crippen LogP contribution in [0.2, 0.25) is 0 Å². The number of hydrogen-bond acceptors (Lipinski definition) is 9. The molecule has 10 nitrogen and oxygen atoms in total. The predicted molar refractivity (Wildman–Crippen MR) is 126 cm³/mol. The molecule has 2 unspecified atom stereocenters. The van der Waals surface area contributed by atoms with Gasteiger partial charge < -0.3 is 37.1 Å². The van der Waals surface area contributed by atoms with E-state index >= 15 is 0 Å². The smallest absolute Gasteiger partial charge is 0.233 e. The molecular weight excluding hydrogens is 439 g/mol. The number of amides is 1. The minimum absolute atomic E-state index is 0.118. The van der Waals surface area contributed by atoms with Gasteiger partial charge in [0.1, 0.15) is 5.69 Å². The minimum atomic E-state index is -0.944. The third-order valence-corrected chi connectivity index (χ3v) is 7.50. The molecule has 3 aliphatic heterocycles. The van der Waals surface area contributed by atoms with E-state index in [1.165, 1.54) is 12.4 Å². The number of nitriles is 1. The summed E-state index contributed by atoms with van der Waals surface area (Å²) in [6.07, 6.45) is 3.14. The number of nitrogens with zero attached hydrogens (tertiary/aromatic N) is 3. The zero-order valence-electron chi connectivity index (χ0n) is 19.5. The van der Waals surface area contributed by atoms with Gasteiger partial charge in [-0.3, -0.25) is 9.78 Å². The second-order valence-corrected chi connectivity index (χ2v) is 9.70. The van der Waals surface area contributed by atoms with Crippen molar-refractivity contribution in [3.63, 3.8) is 0 Å². The summed E-state index contributed by atoms with van der Waals surface area (Å²) in [5, 5.41) is 18.5. The van der Waals surface area contributed by atoms with Gasteiger partial charge in [-0.1, -0.05) is 0 Å². The third kappa shape index (κ3) is 5.31. The highest BCUT2D eigenvalue weighted by molar-refractivity contribution is 5.96. The molecule has 2 atom stereocenters. The third-order valence-electron chi connectivity index (χ3n) is 7.50. The number of piperidine rings is 1. The van der Waals surface area contributed by atoms with Crippen molar-refractivity contribution in [1.29, 1.82) is 5.26 Å². The fourth-order valence-electron chi connectivity index (χ4n) is 5.14. The Morgan fingerprint density at radius 1 is 1.26 bits per heavy atom. The number of aromatic nitrogens is 1. The van der Waals surface area contributed by atoms with Crippen LogP contribution in [0.1, 0.15) is 19.8 Å². The number of ether oxygens (including phenoxy) is 1. The molecule has 4 heterocycles. The van der Waals surface area contributed by atoms with Gasteiger partial charge in [-0.05, 0) is 31.6 Å². The Morgan fingerprint density at radius 3 is 2.50 bits per heavy atom. The van der Waals surface area contributed by atoms with Crippen molar-refractivity contribution in [2.24, 2.45) is 41.1 Å². The standard InChI is InChI=1S/C23H35FN8O2/c1-13(6-25)15-7-29-22(30-8-15)19(21(26)27)23(33)31-18-10-28-9-17(24)20(18)32-4-2-14(3-5-32)16-11-34-12-16/h9-10,13-16,19,21-22,29-30H,2-5,7-8,11-12,26-27H2,1H3,(H,31,33). The molecule has 0 spiro atoms. The van der Waals surface area contributed by atoms with E-state index in [-0.39, 0.29) is 11.8 Å². The number of rotatable bonds is 7. The summed E-state index contributed by atoms with van der Waals surface area (Å²) in [7, 11) is 0. The van der Waals surface area contributed by atoms with Gasteiger partial charge >= 0.3 is 0 Å². The summed E-state index contributed by atoms with van der Waals surface area (Å²) < 4.78 is 20.2. The fourth-order valence-corrected chi connectivity index (χ4v) is 5.14. The first kappa shape index (κ1) is 24.8. The second kappa shape index (κ2) is 10.9. The Kier molecular flexibility index (Phi) is 7.95.